The van der Waals surface area contributed by atoms with Gasteiger partial charge in [-0.3, -0.25) is 9.69 Å². The van der Waals surface area contributed by atoms with Crippen LogP contribution in [0.15, 0.2) is 36.5 Å². The van der Waals surface area contributed by atoms with Gasteiger partial charge in [-0.2, -0.15) is 4.98 Å². The zero-order valence-electron chi connectivity index (χ0n) is 19.6. The van der Waals surface area contributed by atoms with Gasteiger partial charge in [0.2, 0.25) is 11.9 Å². The number of rotatable bonds is 5. The van der Waals surface area contributed by atoms with Crippen LogP contribution in [-0.2, 0) is 11.8 Å². The molecule has 0 atom stereocenters. The Hall–Kier alpha value is -3.13. The van der Waals surface area contributed by atoms with E-state index in [9.17, 15) is 4.79 Å². The molecule has 0 bridgehead atoms. The molecule has 0 spiro atoms. The van der Waals surface area contributed by atoms with Gasteiger partial charge in [0.05, 0.1) is 6.54 Å². The average molecular weight is 448 g/mol. The highest BCUT2D eigenvalue weighted by molar-refractivity contribution is 5.95. The monoisotopic (exact) mass is 447 g/mol. The minimum atomic E-state index is 0.0259. The van der Waals surface area contributed by atoms with E-state index in [-0.39, 0.29) is 5.91 Å². The Morgan fingerprint density at radius 3 is 2.52 bits per heavy atom. The maximum atomic E-state index is 12.6. The zero-order valence-corrected chi connectivity index (χ0v) is 19.6. The number of nitrogens with zero attached hydrogens (tertiary/aromatic N) is 6. The first-order valence-electron chi connectivity index (χ1n) is 12.0. The predicted octanol–water partition coefficient (Wildman–Crippen LogP) is 3.03. The van der Waals surface area contributed by atoms with E-state index in [0.717, 1.165) is 73.3 Å². The Kier molecular flexibility index (Phi) is 6.17. The van der Waals surface area contributed by atoms with Crippen LogP contribution >= 0.6 is 0 Å². The second kappa shape index (κ2) is 9.39. The summed E-state index contributed by atoms with van der Waals surface area (Å²) >= 11 is 0. The molecule has 4 heterocycles. The first-order chi connectivity index (χ1) is 16.0. The first kappa shape index (κ1) is 21.7. The van der Waals surface area contributed by atoms with Crippen LogP contribution in [0.2, 0.25) is 0 Å². The fraction of sp³-hybridized carbons (Fsp3) is 0.480. The predicted molar refractivity (Wildman–Crippen MR) is 133 cm³/mol. The number of carbonyl (C=O) groups excluding carboxylic acids is 1. The molecule has 33 heavy (non-hydrogen) atoms. The molecule has 1 N–H and O–H groups in total. The highest BCUT2D eigenvalue weighted by Crippen LogP contribution is 2.22. The number of benzene rings is 1. The fourth-order valence-electron chi connectivity index (χ4n) is 4.83. The van der Waals surface area contributed by atoms with Crippen molar-refractivity contribution < 1.29 is 4.79 Å². The number of aromatic nitrogens is 3. The van der Waals surface area contributed by atoms with Gasteiger partial charge in [0.1, 0.15) is 5.82 Å². The normalized spacial score (nSPS) is 17.5. The zero-order chi connectivity index (χ0) is 22.8. The van der Waals surface area contributed by atoms with Gasteiger partial charge in [0, 0.05) is 80.9 Å². The van der Waals surface area contributed by atoms with Gasteiger partial charge in [-0.05, 0) is 50.5 Å². The number of hydrogen-bond donors (Lipinski definition) is 1. The van der Waals surface area contributed by atoms with E-state index in [0.29, 0.717) is 6.54 Å². The highest BCUT2D eigenvalue weighted by atomic mass is 16.2. The highest BCUT2D eigenvalue weighted by Gasteiger charge is 2.22. The van der Waals surface area contributed by atoms with Crippen LogP contribution in [0.4, 0.5) is 17.5 Å². The molecule has 0 unspecified atom stereocenters. The third-order valence-electron chi connectivity index (χ3n) is 6.70. The van der Waals surface area contributed by atoms with Gasteiger partial charge in [-0.15, -0.1) is 0 Å². The Morgan fingerprint density at radius 1 is 0.939 bits per heavy atom. The van der Waals surface area contributed by atoms with Crippen LogP contribution < -0.4 is 15.1 Å². The maximum absolute atomic E-state index is 12.6. The number of aryl methyl sites for hydroxylation is 2. The topological polar surface area (TPSA) is 69.5 Å². The molecule has 2 saturated heterocycles. The molecule has 8 heteroatoms. The van der Waals surface area contributed by atoms with Gasteiger partial charge in [-0.1, -0.05) is 0 Å². The van der Waals surface area contributed by atoms with Gasteiger partial charge in [0.25, 0.3) is 0 Å². The Labute approximate surface area is 195 Å². The number of fused-ring (bicyclic) bond motifs is 1. The Bertz CT molecular complexity index is 1130. The van der Waals surface area contributed by atoms with E-state index in [1.807, 2.05) is 38.4 Å². The molecule has 1 aromatic carbocycles. The number of amides is 1. The third kappa shape index (κ3) is 4.95. The fourth-order valence-corrected chi connectivity index (χ4v) is 4.83. The van der Waals surface area contributed by atoms with Crippen LogP contribution in [0.3, 0.4) is 0 Å². The number of anilines is 3. The first-order valence-corrected chi connectivity index (χ1v) is 12.0. The smallest absolute Gasteiger partial charge is 0.238 e. The molecule has 0 radical (unpaired) electrons. The molecule has 2 aromatic heterocycles. The Balaban J connectivity index is 1.16. The molecule has 2 fully saturated rings. The van der Waals surface area contributed by atoms with Crippen LogP contribution in [0.1, 0.15) is 25.0 Å². The summed E-state index contributed by atoms with van der Waals surface area (Å²) in [7, 11) is 2.02. The van der Waals surface area contributed by atoms with Crippen molar-refractivity contribution in [3.05, 3.63) is 42.2 Å². The molecule has 3 aromatic rings. The summed E-state index contributed by atoms with van der Waals surface area (Å²) in [6.45, 7) is 7.90. The van der Waals surface area contributed by atoms with Crippen molar-refractivity contribution in [2.75, 3.05) is 60.9 Å². The number of piperidine rings is 1. The molecule has 174 valence electrons. The van der Waals surface area contributed by atoms with E-state index in [4.69, 9.17) is 9.97 Å². The number of nitrogens with one attached hydrogen (secondary N) is 1. The van der Waals surface area contributed by atoms with Crippen molar-refractivity contribution in [1.29, 1.82) is 0 Å². The molecule has 5 rings (SSSR count). The van der Waals surface area contributed by atoms with E-state index in [1.54, 1.807) is 0 Å². The lowest BCUT2D eigenvalue weighted by atomic mass is 10.1. The second-order valence-electron chi connectivity index (χ2n) is 9.23. The van der Waals surface area contributed by atoms with E-state index < -0.39 is 0 Å². The van der Waals surface area contributed by atoms with Crippen molar-refractivity contribution in [2.24, 2.45) is 7.05 Å². The maximum Gasteiger partial charge on any atom is 0.238 e. The van der Waals surface area contributed by atoms with Crippen LogP contribution in [-0.4, -0.2) is 71.2 Å². The SMILES string of the molecule is Cc1cc(N2CCCCC2)nc(N2CCN(CC(=O)Nc3ccc4c(ccn4C)c3)CC2)n1. The average Bonchev–Trinajstić information content (AvgIpc) is 3.19. The summed E-state index contributed by atoms with van der Waals surface area (Å²) in [5.74, 6) is 1.89. The lowest BCUT2D eigenvalue weighted by molar-refractivity contribution is -0.117. The summed E-state index contributed by atoms with van der Waals surface area (Å²) in [6.07, 6.45) is 5.81. The molecule has 0 saturated carbocycles. The molecule has 1 amide bonds. The summed E-state index contributed by atoms with van der Waals surface area (Å²) in [5.41, 5.74) is 3.01. The molecule has 2 aliphatic rings. The standard InChI is InChI=1S/C25H33N7O/c1-19-16-23(31-9-4-3-5-10-31)28-25(26-19)32-14-12-30(13-15-32)18-24(33)27-21-6-7-22-20(17-21)8-11-29(22)2/h6-8,11,16-17H,3-5,9-10,12-15,18H2,1-2H3,(H,27,33). The lowest BCUT2D eigenvalue weighted by Crippen LogP contribution is -2.49. The van der Waals surface area contributed by atoms with Gasteiger partial charge in [-0.25, -0.2) is 4.98 Å². The number of carbonyl (C=O) groups is 1. The number of piperazine rings is 1. The molecule has 2 aliphatic heterocycles. The largest absolute Gasteiger partial charge is 0.356 e. The van der Waals surface area contributed by atoms with Crippen molar-refractivity contribution in [3.8, 4) is 0 Å². The summed E-state index contributed by atoms with van der Waals surface area (Å²) < 4.78 is 2.08. The van der Waals surface area contributed by atoms with Crippen LogP contribution in [0.25, 0.3) is 10.9 Å². The molecular formula is C25H33N7O. The lowest BCUT2D eigenvalue weighted by Gasteiger charge is -2.35. The summed E-state index contributed by atoms with van der Waals surface area (Å²) in [6, 6.07) is 10.2. The van der Waals surface area contributed by atoms with Crippen molar-refractivity contribution >= 4 is 34.3 Å². The van der Waals surface area contributed by atoms with Crippen LogP contribution in [0, 0.1) is 6.92 Å². The minimum absolute atomic E-state index is 0.0259. The van der Waals surface area contributed by atoms with E-state index in [1.165, 1.54) is 19.3 Å². The summed E-state index contributed by atoms with van der Waals surface area (Å²) in [4.78, 5) is 29.1. The van der Waals surface area contributed by atoms with Gasteiger partial charge >= 0.3 is 0 Å². The van der Waals surface area contributed by atoms with Gasteiger partial charge in [0.15, 0.2) is 0 Å². The Morgan fingerprint density at radius 2 is 1.73 bits per heavy atom. The van der Waals surface area contributed by atoms with E-state index in [2.05, 4.69) is 36.7 Å². The quantitative estimate of drug-likeness (QED) is 0.648. The van der Waals surface area contributed by atoms with Crippen molar-refractivity contribution in [3.63, 3.8) is 0 Å². The molecule has 0 aliphatic carbocycles. The van der Waals surface area contributed by atoms with Crippen LogP contribution in [0.5, 0.6) is 0 Å². The number of hydrogen-bond acceptors (Lipinski definition) is 6. The van der Waals surface area contributed by atoms with E-state index >= 15 is 0 Å². The van der Waals surface area contributed by atoms with Crippen molar-refractivity contribution in [1.82, 2.24) is 19.4 Å². The summed E-state index contributed by atoms with van der Waals surface area (Å²) in [5, 5.41) is 4.18. The van der Waals surface area contributed by atoms with Gasteiger partial charge < -0.3 is 19.7 Å². The second-order valence-corrected chi connectivity index (χ2v) is 9.23. The third-order valence-corrected chi connectivity index (χ3v) is 6.70. The molecular weight excluding hydrogens is 414 g/mol. The van der Waals surface area contributed by atoms with Crippen molar-refractivity contribution in [2.45, 2.75) is 26.2 Å². The molecule has 8 nitrogen and oxygen atoms in total. The minimum Gasteiger partial charge on any atom is -0.356 e.